The average molecular weight is 348 g/mol. The first-order chi connectivity index (χ1) is 12.1. The molecule has 3 aromatic heterocycles. The van der Waals surface area contributed by atoms with Crippen LogP contribution in [0.4, 0.5) is 5.82 Å². The minimum atomic E-state index is 0.0478. The van der Waals surface area contributed by atoms with Gasteiger partial charge in [-0.3, -0.25) is 9.78 Å². The number of rotatable bonds is 3. The molecule has 0 saturated carbocycles. The molecule has 0 spiro atoms. The summed E-state index contributed by atoms with van der Waals surface area (Å²) in [5.74, 6) is 0.543. The molecule has 0 aliphatic carbocycles. The zero-order chi connectivity index (χ0) is 17.6. The fraction of sp³-hybridized carbons (Fsp3) is 0.158. The monoisotopic (exact) mass is 348 g/mol. The van der Waals surface area contributed by atoms with Crippen LogP contribution in [0.5, 0.6) is 0 Å². The van der Waals surface area contributed by atoms with E-state index in [0.29, 0.717) is 17.9 Å². The number of pyridine rings is 2. The number of nitrogens with two attached hydrogens (primary N) is 1. The van der Waals surface area contributed by atoms with E-state index < -0.39 is 0 Å². The van der Waals surface area contributed by atoms with E-state index in [4.69, 9.17) is 5.73 Å². The third-order valence-electron chi connectivity index (χ3n) is 4.33. The van der Waals surface area contributed by atoms with E-state index in [0.717, 1.165) is 37.7 Å². The molecule has 25 heavy (non-hydrogen) atoms. The van der Waals surface area contributed by atoms with Gasteiger partial charge in [0.25, 0.3) is 0 Å². The summed E-state index contributed by atoms with van der Waals surface area (Å²) in [6.45, 7) is 3.83. The molecule has 0 unspecified atom stereocenters. The second kappa shape index (κ2) is 5.89. The van der Waals surface area contributed by atoms with Gasteiger partial charge in [0, 0.05) is 40.7 Å². The summed E-state index contributed by atoms with van der Waals surface area (Å²) < 4.78 is 1.08. The lowest BCUT2D eigenvalue weighted by Gasteiger charge is -2.10. The molecule has 2 N–H and O–H groups in total. The molecular weight excluding hydrogens is 332 g/mol. The molecule has 5 nitrogen and oxygen atoms in total. The SMILES string of the molecule is CCC(=O)c1cc(C)c(-c2cc3cnc(N)cc3c3scnc23)cn1. The Morgan fingerprint density at radius 3 is 2.72 bits per heavy atom. The zero-order valence-electron chi connectivity index (χ0n) is 13.9. The first-order valence-electron chi connectivity index (χ1n) is 8.00. The van der Waals surface area contributed by atoms with Crippen LogP contribution in [0.3, 0.4) is 0 Å². The second-order valence-corrected chi connectivity index (χ2v) is 6.80. The van der Waals surface area contributed by atoms with Crippen LogP contribution >= 0.6 is 11.3 Å². The van der Waals surface area contributed by atoms with Crippen molar-refractivity contribution >= 4 is 43.9 Å². The molecule has 0 fully saturated rings. The predicted octanol–water partition coefficient (Wildman–Crippen LogP) is 4.39. The standard InChI is InChI=1S/C19H16N4OS/c1-3-16(24)15-4-10(2)14(8-21-15)13-5-11-7-22-17(20)6-12(11)19-18(13)23-9-25-19/h4-9H,3H2,1-2H3,(H2,20,22). The van der Waals surface area contributed by atoms with E-state index in [1.54, 1.807) is 23.7 Å². The smallest absolute Gasteiger partial charge is 0.180 e. The number of fused-ring (bicyclic) bond motifs is 3. The van der Waals surface area contributed by atoms with Crippen molar-refractivity contribution in [2.75, 3.05) is 5.73 Å². The van der Waals surface area contributed by atoms with Crippen molar-refractivity contribution in [1.29, 1.82) is 0 Å². The summed E-state index contributed by atoms with van der Waals surface area (Å²) in [6.07, 6.45) is 4.00. The van der Waals surface area contributed by atoms with Gasteiger partial charge in [0.15, 0.2) is 5.78 Å². The van der Waals surface area contributed by atoms with Gasteiger partial charge >= 0.3 is 0 Å². The first-order valence-corrected chi connectivity index (χ1v) is 8.88. The largest absolute Gasteiger partial charge is 0.384 e. The third kappa shape index (κ3) is 2.55. The molecule has 0 amide bonds. The highest BCUT2D eigenvalue weighted by Crippen LogP contribution is 2.37. The van der Waals surface area contributed by atoms with Crippen LogP contribution in [0.2, 0.25) is 0 Å². The van der Waals surface area contributed by atoms with Crippen LogP contribution in [-0.4, -0.2) is 20.7 Å². The Kier molecular flexibility index (Phi) is 3.69. The fourth-order valence-electron chi connectivity index (χ4n) is 3.02. The highest BCUT2D eigenvalue weighted by atomic mass is 32.1. The molecule has 1 aromatic carbocycles. The number of ketones is 1. The molecule has 0 bridgehead atoms. The first kappa shape index (κ1) is 15.7. The minimum Gasteiger partial charge on any atom is -0.384 e. The molecular formula is C19H16N4OS. The number of carbonyl (C=O) groups excluding carboxylic acids is 1. The van der Waals surface area contributed by atoms with Crippen LogP contribution in [-0.2, 0) is 0 Å². The summed E-state index contributed by atoms with van der Waals surface area (Å²) in [6, 6.07) is 5.80. The van der Waals surface area contributed by atoms with Gasteiger partial charge < -0.3 is 5.73 Å². The normalized spacial score (nSPS) is 11.3. The number of benzene rings is 1. The molecule has 4 aromatic rings. The maximum Gasteiger partial charge on any atom is 0.180 e. The van der Waals surface area contributed by atoms with Crippen molar-refractivity contribution in [1.82, 2.24) is 15.0 Å². The van der Waals surface area contributed by atoms with Gasteiger partial charge in [-0.05, 0) is 30.7 Å². The van der Waals surface area contributed by atoms with Gasteiger partial charge in [0.1, 0.15) is 11.5 Å². The van der Waals surface area contributed by atoms with Crippen molar-refractivity contribution in [3.05, 3.63) is 47.4 Å². The highest BCUT2D eigenvalue weighted by molar-refractivity contribution is 7.17. The maximum absolute atomic E-state index is 11.9. The second-order valence-electron chi connectivity index (χ2n) is 5.95. The Morgan fingerprint density at radius 1 is 1.12 bits per heavy atom. The number of carbonyl (C=O) groups is 1. The summed E-state index contributed by atoms with van der Waals surface area (Å²) in [4.78, 5) is 25.0. The summed E-state index contributed by atoms with van der Waals surface area (Å²) in [5, 5.41) is 2.06. The van der Waals surface area contributed by atoms with Crippen molar-refractivity contribution in [2.24, 2.45) is 0 Å². The number of aryl methyl sites for hydroxylation is 1. The molecule has 0 saturated heterocycles. The van der Waals surface area contributed by atoms with Crippen molar-refractivity contribution in [3.8, 4) is 11.1 Å². The number of aromatic nitrogens is 3. The Morgan fingerprint density at radius 2 is 1.96 bits per heavy atom. The van der Waals surface area contributed by atoms with Crippen molar-refractivity contribution in [3.63, 3.8) is 0 Å². The Bertz CT molecular complexity index is 1130. The molecule has 124 valence electrons. The summed E-state index contributed by atoms with van der Waals surface area (Å²) in [5.41, 5.74) is 12.1. The topological polar surface area (TPSA) is 81.8 Å². The van der Waals surface area contributed by atoms with E-state index in [9.17, 15) is 4.79 Å². The molecule has 3 heterocycles. The van der Waals surface area contributed by atoms with E-state index in [-0.39, 0.29) is 5.78 Å². The van der Waals surface area contributed by atoms with Gasteiger partial charge in [-0.25, -0.2) is 9.97 Å². The lowest BCUT2D eigenvalue weighted by atomic mass is 9.98. The number of hydrogen-bond acceptors (Lipinski definition) is 6. The zero-order valence-corrected chi connectivity index (χ0v) is 14.7. The van der Waals surface area contributed by atoms with Gasteiger partial charge in [0.2, 0.25) is 0 Å². The maximum atomic E-state index is 11.9. The number of nitrogen functional groups attached to an aromatic ring is 1. The van der Waals surface area contributed by atoms with Crippen LogP contribution in [0, 0.1) is 6.92 Å². The number of hydrogen-bond donors (Lipinski definition) is 1. The molecule has 0 aliphatic heterocycles. The lowest BCUT2D eigenvalue weighted by Crippen LogP contribution is -2.01. The van der Waals surface area contributed by atoms with Crippen LogP contribution < -0.4 is 5.73 Å². The van der Waals surface area contributed by atoms with Crippen molar-refractivity contribution in [2.45, 2.75) is 20.3 Å². The Labute approximate surface area is 148 Å². The minimum absolute atomic E-state index is 0.0478. The Balaban J connectivity index is 1.99. The number of anilines is 1. The van der Waals surface area contributed by atoms with Gasteiger partial charge in [-0.2, -0.15) is 0 Å². The summed E-state index contributed by atoms with van der Waals surface area (Å²) >= 11 is 1.58. The third-order valence-corrected chi connectivity index (χ3v) is 5.19. The fourth-order valence-corrected chi connectivity index (χ4v) is 3.87. The lowest BCUT2D eigenvalue weighted by molar-refractivity contribution is 0.0983. The van der Waals surface area contributed by atoms with Gasteiger partial charge in [-0.15, -0.1) is 11.3 Å². The van der Waals surface area contributed by atoms with E-state index in [1.165, 1.54) is 0 Å². The quantitative estimate of drug-likeness (QED) is 0.555. The number of thiazole rings is 1. The highest BCUT2D eigenvalue weighted by Gasteiger charge is 2.15. The van der Waals surface area contributed by atoms with E-state index in [1.807, 2.05) is 31.5 Å². The van der Waals surface area contributed by atoms with Crippen molar-refractivity contribution < 1.29 is 4.79 Å². The van der Waals surface area contributed by atoms with Crippen LogP contribution in [0.15, 0.2) is 36.1 Å². The summed E-state index contributed by atoms with van der Waals surface area (Å²) in [7, 11) is 0. The molecule has 0 atom stereocenters. The number of Topliss-reactive ketones (excluding diaryl/α,β-unsaturated/α-hetero) is 1. The van der Waals surface area contributed by atoms with Crippen LogP contribution in [0.1, 0.15) is 29.4 Å². The molecule has 0 aliphatic rings. The predicted molar refractivity (Wildman–Crippen MR) is 102 cm³/mol. The Hall–Kier alpha value is -2.86. The van der Waals surface area contributed by atoms with Gasteiger partial charge in [-0.1, -0.05) is 6.92 Å². The van der Waals surface area contributed by atoms with E-state index in [2.05, 4.69) is 21.0 Å². The van der Waals surface area contributed by atoms with E-state index >= 15 is 0 Å². The van der Waals surface area contributed by atoms with Crippen LogP contribution in [0.25, 0.3) is 32.1 Å². The molecule has 0 radical (unpaired) electrons. The molecule has 6 heteroatoms. The average Bonchev–Trinajstić information content (AvgIpc) is 3.11. The number of nitrogens with zero attached hydrogens (tertiary/aromatic N) is 3. The van der Waals surface area contributed by atoms with Gasteiger partial charge in [0.05, 0.1) is 15.7 Å². The molecule has 4 rings (SSSR count).